The van der Waals surface area contributed by atoms with Gasteiger partial charge in [-0.25, -0.2) is 14.7 Å². The van der Waals surface area contributed by atoms with Crippen molar-refractivity contribution in [2.75, 3.05) is 115 Å². The summed E-state index contributed by atoms with van der Waals surface area (Å²) in [5, 5.41) is 34.4. The molecule has 34 nitrogen and oxygen atoms in total. The Labute approximate surface area is 832 Å². The lowest BCUT2D eigenvalue weighted by atomic mass is 10.1. The molecule has 140 heavy (non-hydrogen) atoms. The van der Waals surface area contributed by atoms with Crippen LogP contribution in [0.5, 0.6) is 0 Å². The molecule has 2 unspecified atom stereocenters. The minimum atomic E-state index is -0.722. The fraction of sp³-hybridized carbons (Fsp3) is 0.462. The molecule has 0 spiro atoms. The highest BCUT2D eigenvalue weighted by atomic mass is 16.5. The third-order valence-electron chi connectivity index (χ3n) is 20.9. The number of carbonyl (C=O) groups is 7. The predicted octanol–water partition coefficient (Wildman–Crippen LogP) is 18.1. The van der Waals surface area contributed by atoms with Crippen molar-refractivity contribution < 1.29 is 38.3 Å². The van der Waals surface area contributed by atoms with Crippen LogP contribution in [0.15, 0.2) is 202 Å². The number of methoxy groups -OCH3 is 1. The number of allylic oxidation sites excluding steroid dienone is 1. The van der Waals surface area contributed by atoms with Crippen molar-refractivity contribution in [3.8, 4) is 11.4 Å². The van der Waals surface area contributed by atoms with Gasteiger partial charge in [-0.2, -0.15) is 20.4 Å². The first-order valence-corrected chi connectivity index (χ1v) is 49.2. The highest BCUT2D eigenvalue weighted by Gasteiger charge is 2.40. The van der Waals surface area contributed by atoms with Crippen molar-refractivity contribution in [1.29, 1.82) is 0 Å². The maximum absolute atomic E-state index is 12.4. The summed E-state index contributed by atoms with van der Waals surface area (Å²) in [4.78, 5) is 144. The number of nitrogens with zero attached hydrogens (tertiary/aromatic N) is 23. The van der Waals surface area contributed by atoms with Gasteiger partial charge in [-0.05, 0) is 120 Å². The Hall–Kier alpha value is -14.1. The van der Waals surface area contributed by atoms with Gasteiger partial charge in [0.2, 0.25) is 0 Å². The lowest BCUT2D eigenvalue weighted by Crippen LogP contribution is -2.50. The summed E-state index contributed by atoms with van der Waals surface area (Å²) in [6.07, 6.45) is -0.331. The van der Waals surface area contributed by atoms with Crippen molar-refractivity contribution in [3.63, 3.8) is 0 Å². The molecule has 2 atom stereocenters. The molecule has 0 N–H and O–H groups in total. The molecular weight excluding hydrogens is 1770 g/mol. The van der Waals surface area contributed by atoms with E-state index in [9.17, 15) is 47.9 Å². The number of anilines is 4. The Kier molecular flexibility index (Phi) is 55.5. The van der Waals surface area contributed by atoms with E-state index in [2.05, 4.69) is 69.4 Å². The van der Waals surface area contributed by atoms with Crippen molar-refractivity contribution in [2.24, 2.45) is 37.5 Å². The number of carbonyl (C=O) groups excluding carboxylic acids is 7. The van der Waals surface area contributed by atoms with Gasteiger partial charge in [0.25, 0.3) is 46.9 Å². The first kappa shape index (κ1) is 124. The number of hydrogen-bond donors (Lipinski definition) is 0. The fourth-order valence-corrected chi connectivity index (χ4v) is 14.4. The number of fused-ring (bicyclic) bond motifs is 18. The monoisotopic (exact) mass is 1930 g/mol. The summed E-state index contributed by atoms with van der Waals surface area (Å²) in [6.45, 7) is 62.9. The van der Waals surface area contributed by atoms with Crippen LogP contribution in [0, 0.1) is 6.92 Å². The molecule has 10 aliphatic heterocycles. The first-order chi connectivity index (χ1) is 67.5. The molecule has 18 rings (SSSR count). The Morgan fingerprint density at radius 2 is 0.614 bits per heavy atom. The van der Waals surface area contributed by atoms with Crippen LogP contribution in [0.1, 0.15) is 280 Å². The van der Waals surface area contributed by atoms with Crippen LogP contribution in [-0.2, 0) is 29.7 Å². The summed E-state index contributed by atoms with van der Waals surface area (Å²) in [5.74, 6) is 3.60. The zero-order chi connectivity index (χ0) is 107. The molecule has 34 heteroatoms. The van der Waals surface area contributed by atoms with Crippen LogP contribution < -0.4 is 36.3 Å². The van der Waals surface area contributed by atoms with Gasteiger partial charge in [-0.1, -0.05) is 239 Å². The summed E-state index contributed by atoms with van der Waals surface area (Å²) in [7, 11) is 15.1. The molecule has 764 valence electrons. The summed E-state index contributed by atoms with van der Waals surface area (Å²) < 4.78 is 9.23. The van der Waals surface area contributed by atoms with Crippen LogP contribution in [-0.4, -0.2) is 248 Å². The SMILES string of the molecule is CC.CC.CC.CC.CC.CC.CC.CC.CC.CC.CC.CC.CC1=C(C)N=C2CN(C)C(=O)c3ccccc3N2C1.CC1=NN=C2CN(C)C(=O)c3ccccc3N2C1C.CN1CC2=NN(C)C(=O)CN2c2ccccc2C1=O.CN1Cc2nn(C)c(=O)c(=O)n2-c2ccccc2C1=O.COC1C(C)=NN=C2CN(C)C(=O)c3ccccc3N21.Cc1nnc2n(c1=O)-c1ccccc1C(=O)N(C)C2. The molecule has 0 bridgehead atoms. The van der Waals surface area contributed by atoms with E-state index in [1.54, 1.807) is 131 Å². The smallest absolute Gasteiger partial charge is 0.332 e. The highest BCUT2D eigenvalue weighted by Crippen LogP contribution is 2.35. The number of amidine groups is 4. The second-order valence-electron chi connectivity index (χ2n) is 28.9. The van der Waals surface area contributed by atoms with Gasteiger partial charge < -0.3 is 48.8 Å². The van der Waals surface area contributed by atoms with Crippen LogP contribution >= 0.6 is 0 Å². The summed E-state index contributed by atoms with van der Waals surface area (Å²) >= 11 is 0. The van der Waals surface area contributed by atoms with Gasteiger partial charge in [0.15, 0.2) is 29.5 Å². The lowest BCUT2D eigenvalue weighted by Gasteiger charge is -2.34. The molecule has 7 amide bonds. The molecule has 0 radical (unpaired) electrons. The Bertz CT molecular complexity index is 5830. The normalized spacial score (nSPS) is 15.6. The average molecular weight is 1930 g/mol. The van der Waals surface area contributed by atoms with E-state index in [-0.39, 0.29) is 78.8 Å². The fourth-order valence-electron chi connectivity index (χ4n) is 14.4. The second kappa shape index (κ2) is 62.7. The topological polar surface area (TPSA) is 343 Å². The largest absolute Gasteiger partial charge is 0.355 e. The van der Waals surface area contributed by atoms with Gasteiger partial charge in [-0.15, -0.1) is 20.4 Å². The number of hydrazone groups is 1. The Morgan fingerprint density at radius 1 is 0.307 bits per heavy atom. The van der Waals surface area contributed by atoms with E-state index in [1.165, 1.54) is 36.6 Å². The number of aryl methyl sites for hydroxylation is 2. The van der Waals surface area contributed by atoms with E-state index in [1.807, 2.05) is 295 Å². The Morgan fingerprint density at radius 3 is 1.01 bits per heavy atom. The number of ether oxygens (including phenoxy) is 1. The van der Waals surface area contributed by atoms with Crippen LogP contribution in [0.3, 0.4) is 0 Å². The average Bonchev–Trinajstić information content (AvgIpc) is 1.59. The molecular formula is C106H159N23O11. The number of amides is 7. The predicted molar refractivity (Wildman–Crippen MR) is 576 cm³/mol. The summed E-state index contributed by atoms with van der Waals surface area (Å²) in [5.41, 5.74) is 10.7. The van der Waals surface area contributed by atoms with Gasteiger partial charge >= 0.3 is 11.1 Å². The standard InChI is InChI=1S/C15H17N3O.C14H16N4O2.C14H16N4O.C13H12N4O3.C13H14N4O2.C13H12N4O2.12C2H6/c1-10-8-18-13-7-5-4-6-12(13)15(19)17(3)9-14(18)16-11(10)2;1-9-14(20-3)18-11-7-5-4-6-10(11)13(19)17(2)8-12(18)16-15-9;1-9-10(2)18-12-7-5-4-6-11(12)14(19)17(3)8-13(18)16-15-9;1-15-7-10-14-16(2)12(19)13(20)17(10)9-6-4-3-5-8(9)11(15)18;1-15-7-11-14-16(2)12(18)8-17(11)10-6-4-3-5-9(10)13(15)19;1-8-12(18)17-10-6-4-3-5-9(10)13(19)16(2)7-11(17)15-14-8;12*1-2/h4-7H,8-9H2,1-3H3;4-7,14H,8H2,1-3H3;4-7,10H,8H2,1-3H3;3-6H,7H2,1-2H3;3-6H,7-8H2,1-2H3;3-6H,7H2,1-2H3;12*1-2H3. The number of rotatable bonds is 1. The number of likely N-dealkylation sites (N-methyl/N-ethyl adjacent to an activating group) is 5. The zero-order valence-corrected chi connectivity index (χ0v) is 90.9. The van der Waals surface area contributed by atoms with Crippen LogP contribution in [0.25, 0.3) is 11.4 Å². The minimum absolute atomic E-state index is 0.0230. The number of hydrogen-bond acceptors (Lipinski definition) is 24. The molecule has 2 aromatic heterocycles. The van der Waals surface area contributed by atoms with Gasteiger partial charge in [0.05, 0.1) is 124 Å². The van der Waals surface area contributed by atoms with E-state index >= 15 is 0 Å². The molecule has 0 fully saturated rings. The van der Waals surface area contributed by atoms with Crippen molar-refractivity contribution in [1.82, 2.24) is 63.5 Å². The lowest BCUT2D eigenvalue weighted by molar-refractivity contribution is -0.128. The first-order valence-electron chi connectivity index (χ1n) is 49.2. The summed E-state index contributed by atoms with van der Waals surface area (Å²) in [6, 6.07) is 44.1. The van der Waals surface area contributed by atoms with Gasteiger partial charge in [0, 0.05) is 75.7 Å². The minimum Gasteiger partial charge on any atom is -0.355 e. The number of aromatic nitrogens is 6. The van der Waals surface area contributed by atoms with Crippen LogP contribution in [0.2, 0.25) is 0 Å². The molecule has 0 aliphatic carbocycles. The maximum atomic E-state index is 12.4. The third-order valence-corrected chi connectivity index (χ3v) is 20.9. The second-order valence-corrected chi connectivity index (χ2v) is 28.9. The van der Waals surface area contributed by atoms with Crippen molar-refractivity contribution >= 4 is 98.9 Å². The number of aliphatic imine (C=N–C) groups is 1. The van der Waals surface area contributed by atoms with E-state index < -0.39 is 11.1 Å². The van der Waals surface area contributed by atoms with E-state index in [0.29, 0.717) is 88.8 Å². The quantitative estimate of drug-likeness (QED) is 0.138. The Balaban J connectivity index is 0.000000803. The van der Waals surface area contributed by atoms with Crippen molar-refractivity contribution in [2.45, 2.75) is 233 Å². The molecule has 0 saturated carbocycles. The zero-order valence-electron chi connectivity index (χ0n) is 90.9. The molecule has 8 aromatic rings. The van der Waals surface area contributed by atoms with E-state index in [4.69, 9.17) is 4.74 Å². The van der Waals surface area contributed by atoms with Crippen molar-refractivity contribution in [3.05, 3.63) is 239 Å². The highest BCUT2D eigenvalue weighted by molar-refractivity contribution is 6.18. The van der Waals surface area contributed by atoms with Crippen LogP contribution in [0.4, 0.5) is 22.7 Å². The number of para-hydroxylation sites is 6. The number of benzene rings is 6. The maximum Gasteiger partial charge on any atom is 0.332 e. The molecule has 0 saturated heterocycles. The van der Waals surface area contributed by atoms with E-state index in [0.717, 1.165) is 73.9 Å². The molecule has 12 heterocycles. The van der Waals surface area contributed by atoms with Gasteiger partial charge in [0.1, 0.15) is 23.9 Å². The molecule has 6 aromatic carbocycles. The molecule has 10 aliphatic rings. The van der Waals surface area contributed by atoms with Gasteiger partial charge in [-0.3, -0.25) is 62.0 Å². The third kappa shape index (κ3) is 29.3.